The predicted molar refractivity (Wildman–Crippen MR) is 72.4 cm³/mol. The number of amides is 1. The quantitative estimate of drug-likeness (QED) is 0.780. The van der Waals surface area contributed by atoms with Crippen molar-refractivity contribution in [2.75, 3.05) is 32.1 Å². The molecule has 0 heterocycles. The third-order valence-corrected chi connectivity index (χ3v) is 2.71. The van der Waals surface area contributed by atoms with Crippen LogP contribution >= 0.6 is 0 Å². The third kappa shape index (κ3) is 4.57. The van der Waals surface area contributed by atoms with Crippen LogP contribution in [0.25, 0.3) is 0 Å². The second-order valence-electron chi connectivity index (χ2n) is 4.66. The van der Waals surface area contributed by atoms with Crippen LogP contribution in [0, 0.1) is 6.92 Å². The summed E-state index contributed by atoms with van der Waals surface area (Å²) in [5.74, 6) is 0.104. The van der Waals surface area contributed by atoms with E-state index in [0.717, 1.165) is 25.2 Å². The van der Waals surface area contributed by atoms with Crippen LogP contribution in [0.2, 0.25) is 0 Å². The Hall–Kier alpha value is -1.35. The van der Waals surface area contributed by atoms with Gasteiger partial charge in [-0.2, -0.15) is 0 Å². The van der Waals surface area contributed by atoms with Crippen LogP contribution in [0.4, 0.5) is 5.69 Å². The van der Waals surface area contributed by atoms with E-state index in [1.54, 1.807) is 6.92 Å². The molecule has 0 saturated heterocycles. The summed E-state index contributed by atoms with van der Waals surface area (Å²) >= 11 is 0. The van der Waals surface area contributed by atoms with Crippen molar-refractivity contribution in [2.24, 2.45) is 0 Å². The Balaban J connectivity index is 2.66. The Bertz CT molecular complexity index is 357. The van der Waals surface area contributed by atoms with Crippen LogP contribution in [0.5, 0.6) is 0 Å². The second kappa shape index (κ2) is 6.40. The molecule has 1 aromatic rings. The fourth-order valence-corrected chi connectivity index (χ4v) is 1.74. The van der Waals surface area contributed by atoms with Crippen molar-refractivity contribution in [3.05, 3.63) is 29.8 Å². The normalized spacial score (nSPS) is 10.6. The molecule has 94 valence electrons. The highest BCUT2D eigenvalue weighted by atomic mass is 16.2. The van der Waals surface area contributed by atoms with E-state index in [-0.39, 0.29) is 5.91 Å². The van der Waals surface area contributed by atoms with Crippen LogP contribution < -0.4 is 4.90 Å². The average Bonchev–Trinajstić information content (AvgIpc) is 2.25. The molecule has 0 spiro atoms. The minimum absolute atomic E-state index is 0.104. The van der Waals surface area contributed by atoms with Crippen LogP contribution in [-0.4, -0.2) is 38.0 Å². The average molecular weight is 234 g/mol. The maximum atomic E-state index is 11.6. The lowest BCUT2D eigenvalue weighted by atomic mass is 10.2. The number of anilines is 1. The second-order valence-corrected chi connectivity index (χ2v) is 4.66. The first-order valence-electron chi connectivity index (χ1n) is 6.00. The van der Waals surface area contributed by atoms with Crippen LogP contribution in [0.15, 0.2) is 24.3 Å². The molecule has 0 N–H and O–H groups in total. The molecule has 0 atom stereocenters. The van der Waals surface area contributed by atoms with Gasteiger partial charge in [-0.15, -0.1) is 0 Å². The molecule has 17 heavy (non-hydrogen) atoms. The smallest absolute Gasteiger partial charge is 0.223 e. The van der Waals surface area contributed by atoms with Gasteiger partial charge in [0.2, 0.25) is 5.91 Å². The Morgan fingerprint density at radius 3 is 2.18 bits per heavy atom. The third-order valence-electron chi connectivity index (χ3n) is 2.71. The Labute approximate surface area is 104 Å². The van der Waals surface area contributed by atoms with Crippen LogP contribution in [-0.2, 0) is 4.79 Å². The summed E-state index contributed by atoms with van der Waals surface area (Å²) in [7, 11) is 4.09. The molecule has 0 aromatic heterocycles. The summed E-state index contributed by atoms with van der Waals surface area (Å²) in [6, 6.07) is 8.09. The summed E-state index contributed by atoms with van der Waals surface area (Å²) in [6.45, 7) is 5.44. The summed E-state index contributed by atoms with van der Waals surface area (Å²) in [5.41, 5.74) is 2.20. The van der Waals surface area contributed by atoms with Crippen molar-refractivity contribution in [1.29, 1.82) is 0 Å². The van der Waals surface area contributed by atoms with Gasteiger partial charge >= 0.3 is 0 Å². The zero-order valence-electron chi connectivity index (χ0n) is 11.2. The zero-order chi connectivity index (χ0) is 12.8. The molecule has 0 fully saturated rings. The minimum atomic E-state index is 0.104. The number of nitrogens with zero attached hydrogens (tertiary/aromatic N) is 2. The molecule has 3 nitrogen and oxygen atoms in total. The summed E-state index contributed by atoms with van der Waals surface area (Å²) in [4.78, 5) is 15.6. The van der Waals surface area contributed by atoms with Gasteiger partial charge < -0.3 is 9.80 Å². The molecule has 0 radical (unpaired) electrons. The predicted octanol–water partition coefficient (Wildman–Crippen LogP) is 2.30. The minimum Gasteiger partial charge on any atom is -0.313 e. The highest BCUT2D eigenvalue weighted by Crippen LogP contribution is 2.15. The van der Waals surface area contributed by atoms with E-state index in [1.807, 2.05) is 50.2 Å². The molecule has 0 unspecified atom stereocenters. The largest absolute Gasteiger partial charge is 0.313 e. The van der Waals surface area contributed by atoms with E-state index in [0.29, 0.717) is 0 Å². The first kappa shape index (κ1) is 13.7. The lowest BCUT2D eigenvalue weighted by Gasteiger charge is -2.22. The maximum absolute atomic E-state index is 11.6. The van der Waals surface area contributed by atoms with Gasteiger partial charge in [0.1, 0.15) is 0 Å². The maximum Gasteiger partial charge on any atom is 0.223 e. The lowest BCUT2D eigenvalue weighted by molar-refractivity contribution is -0.116. The molecule has 0 saturated carbocycles. The Morgan fingerprint density at radius 1 is 1.12 bits per heavy atom. The van der Waals surface area contributed by atoms with Crippen molar-refractivity contribution in [3.63, 3.8) is 0 Å². The van der Waals surface area contributed by atoms with Gasteiger partial charge in [0, 0.05) is 19.2 Å². The number of hydrogen-bond donors (Lipinski definition) is 0. The molecule has 0 aliphatic rings. The summed E-state index contributed by atoms with van der Waals surface area (Å²) in [6.07, 6.45) is 0.987. The van der Waals surface area contributed by atoms with Crippen molar-refractivity contribution in [3.8, 4) is 0 Å². The van der Waals surface area contributed by atoms with E-state index in [2.05, 4.69) is 4.90 Å². The van der Waals surface area contributed by atoms with Crippen molar-refractivity contribution in [2.45, 2.75) is 20.3 Å². The molecule has 0 aliphatic heterocycles. The van der Waals surface area contributed by atoms with Gasteiger partial charge in [0.15, 0.2) is 0 Å². The fourth-order valence-electron chi connectivity index (χ4n) is 1.74. The molecule has 0 bridgehead atoms. The molecule has 3 heteroatoms. The number of aryl methyl sites for hydroxylation is 1. The monoisotopic (exact) mass is 234 g/mol. The molecule has 1 amide bonds. The first-order valence-corrected chi connectivity index (χ1v) is 6.00. The molecule has 0 aliphatic carbocycles. The highest BCUT2D eigenvalue weighted by Gasteiger charge is 2.10. The molecular formula is C14H22N2O. The zero-order valence-corrected chi connectivity index (χ0v) is 11.2. The van der Waals surface area contributed by atoms with Gasteiger partial charge in [-0.1, -0.05) is 17.7 Å². The number of carbonyl (C=O) groups excluding carboxylic acids is 1. The topological polar surface area (TPSA) is 23.6 Å². The summed E-state index contributed by atoms with van der Waals surface area (Å²) < 4.78 is 0. The van der Waals surface area contributed by atoms with Crippen molar-refractivity contribution >= 4 is 11.6 Å². The summed E-state index contributed by atoms with van der Waals surface area (Å²) in [5, 5.41) is 0. The van der Waals surface area contributed by atoms with Crippen molar-refractivity contribution < 1.29 is 4.79 Å². The number of carbonyl (C=O) groups is 1. The van der Waals surface area contributed by atoms with Gasteiger partial charge in [-0.05, 0) is 46.1 Å². The lowest BCUT2D eigenvalue weighted by Crippen LogP contribution is -2.31. The molecule has 1 aromatic carbocycles. The number of benzene rings is 1. The van der Waals surface area contributed by atoms with E-state index >= 15 is 0 Å². The Kier molecular flexibility index (Phi) is 5.16. The van der Waals surface area contributed by atoms with E-state index in [1.165, 1.54) is 5.56 Å². The van der Waals surface area contributed by atoms with Crippen molar-refractivity contribution in [1.82, 2.24) is 4.90 Å². The standard InChI is InChI=1S/C14H22N2O/c1-12-6-8-14(9-7-12)16(13(2)17)11-5-10-15(3)4/h6-9H,5,10-11H2,1-4H3. The number of hydrogen-bond acceptors (Lipinski definition) is 2. The fraction of sp³-hybridized carbons (Fsp3) is 0.500. The van der Waals surface area contributed by atoms with Gasteiger partial charge in [-0.3, -0.25) is 4.79 Å². The Morgan fingerprint density at radius 2 is 1.71 bits per heavy atom. The first-order chi connectivity index (χ1) is 8.00. The van der Waals surface area contributed by atoms with Crippen LogP contribution in [0.3, 0.4) is 0 Å². The SMILES string of the molecule is CC(=O)N(CCCN(C)C)c1ccc(C)cc1. The van der Waals surface area contributed by atoms with E-state index < -0.39 is 0 Å². The van der Waals surface area contributed by atoms with Gasteiger partial charge in [-0.25, -0.2) is 0 Å². The highest BCUT2D eigenvalue weighted by molar-refractivity contribution is 5.91. The number of rotatable bonds is 5. The van der Waals surface area contributed by atoms with E-state index in [9.17, 15) is 4.79 Å². The van der Waals surface area contributed by atoms with Gasteiger partial charge in [0.25, 0.3) is 0 Å². The molecule has 1 rings (SSSR count). The molecular weight excluding hydrogens is 212 g/mol. The van der Waals surface area contributed by atoms with E-state index in [4.69, 9.17) is 0 Å². The van der Waals surface area contributed by atoms with Crippen LogP contribution in [0.1, 0.15) is 18.9 Å². The van der Waals surface area contributed by atoms with Gasteiger partial charge in [0.05, 0.1) is 0 Å².